The fraction of sp³-hybridized carbons (Fsp3) is 0.714. The molecule has 0 aliphatic carbocycles. The number of nitrogens with one attached hydrogen (secondary N) is 1. The number of rotatable bonds is 7. The minimum absolute atomic E-state index is 0.107. The van der Waals surface area contributed by atoms with E-state index < -0.39 is 0 Å². The molecule has 2 aromatic rings. The molecular weight excluding hydrogens is 352 g/mol. The summed E-state index contributed by atoms with van der Waals surface area (Å²) in [5.74, 6) is 0. The third kappa shape index (κ3) is 3.63. The number of hydrogen-bond acceptors (Lipinski definition) is 5. The van der Waals surface area contributed by atoms with Crippen molar-refractivity contribution >= 4 is 0 Å². The molecule has 0 bridgehead atoms. The summed E-state index contributed by atoms with van der Waals surface area (Å²) in [5, 5.41) is 13.7. The van der Waals surface area contributed by atoms with Gasteiger partial charge in [-0.3, -0.25) is 14.5 Å². The summed E-state index contributed by atoms with van der Waals surface area (Å²) in [6.07, 6.45) is 9.85. The number of nitrogens with zero attached hydrogens (tertiary/aromatic N) is 5. The Morgan fingerprint density at radius 3 is 2.79 bits per heavy atom. The Morgan fingerprint density at radius 1 is 1.21 bits per heavy atom. The van der Waals surface area contributed by atoms with Crippen molar-refractivity contribution in [3.63, 3.8) is 0 Å². The van der Waals surface area contributed by atoms with Crippen LogP contribution in [0, 0.1) is 6.92 Å². The number of aryl methyl sites for hydroxylation is 1. The van der Waals surface area contributed by atoms with Gasteiger partial charge in [-0.25, -0.2) is 4.98 Å². The zero-order chi connectivity index (χ0) is 19.6. The van der Waals surface area contributed by atoms with Crippen LogP contribution >= 0.6 is 0 Å². The first-order chi connectivity index (χ1) is 13.7. The molecule has 0 amide bonds. The van der Waals surface area contributed by atoms with Gasteiger partial charge in [-0.1, -0.05) is 13.3 Å². The second kappa shape index (κ2) is 8.35. The number of aromatic nitrogens is 4. The molecule has 28 heavy (non-hydrogen) atoms. The number of imidazole rings is 1. The van der Waals surface area contributed by atoms with Crippen LogP contribution < -0.4 is 0 Å². The normalized spacial score (nSPS) is 20.0. The SMILES string of the molecule is CCCCN1CCc2[nH]cnc2C12CCN(Cc1cn(CCO)nc1C)CC2. The molecule has 2 N–H and O–H groups in total. The average Bonchev–Trinajstić information content (AvgIpc) is 3.31. The van der Waals surface area contributed by atoms with E-state index in [4.69, 9.17) is 10.1 Å². The largest absolute Gasteiger partial charge is 0.394 e. The molecule has 2 aliphatic rings. The number of H-pyrrole nitrogens is 1. The van der Waals surface area contributed by atoms with E-state index in [1.54, 1.807) is 0 Å². The van der Waals surface area contributed by atoms with Gasteiger partial charge in [-0.15, -0.1) is 0 Å². The second-order valence-corrected chi connectivity index (χ2v) is 8.35. The zero-order valence-electron chi connectivity index (χ0n) is 17.3. The first-order valence-electron chi connectivity index (χ1n) is 10.8. The predicted molar refractivity (Wildman–Crippen MR) is 109 cm³/mol. The molecule has 0 radical (unpaired) electrons. The molecule has 0 atom stereocenters. The fourth-order valence-electron chi connectivity index (χ4n) is 5.00. The number of aromatic amines is 1. The van der Waals surface area contributed by atoms with Crippen molar-refractivity contribution in [3.8, 4) is 0 Å². The first kappa shape index (κ1) is 19.6. The van der Waals surface area contributed by atoms with Crippen molar-refractivity contribution in [3.05, 3.63) is 35.2 Å². The van der Waals surface area contributed by atoms with E-state index in [0.717, 1.165) is 51.1 Å². The monoisotopic (exact) mass is 386 g/mol. The summed E-state index contributed by atoms with van der Waals surface area (Å²) in [6, 6.07) is 0. The molecule has 154 valence electrons. The highest BCUT2D eigenvalue weighted by Crippen LogP contribution is 2.42. The Labute approximate surface area is 167 Å². The molecule has 0 unspecified atom stereocenters. The maximum Gasteiger partial charge on any atom is 0.0926 e. The van der Waals surface area contributed by atoms with Crippen LogP contribution in [-0.4, -0.2) is 67.4 Å². The van der Waals surface area contributed by atoms with Gasteiger partial charge < -0.3 is 10.1 Å². The number of unbranched alkanes of at least 4 members (excludes halogenated alkanes) is 1. The topological polar surface area (TPSA) is 73.2 Å². The number of aliphatic hydroxyl groups excluding tert-OH is 1. The highest BCUT2D eigenvalue weighted by atomic mass is 16.3. The standard InChI is InChI=1S/C21H34N6O/c1-3-4-8-26-9-5-19-20(23-16-22-19)21(26)6-10-25(11-7-21)14-18-15-27(12-13-28)24-17(18)2/h15-16,28H,3-14H2,1-2H3,(H,22,23). The Kier molecular flexibility index (Phi) is 5.85. The smallest absolute Gasteiger partial charge is 0.0926 e. The number of aliphatic hydroxyl groups is 1. The van der Waals surface area contributed by atoms with Gasteiger partial charge in [-0.2, -0.15) is 5.10 Å². The summed E-state index contributed by atoms with van der Waals surface area (Å²) in [7, 11) is 0. The predicted octanol–water partition coefficient (Wildman–Crippen LogP) is 2.06. The van der Waals surface area contributed by atoms with Crippen molar-refractivity contribution in [2.24, 2.45) is 0 Å². The van der Waals surface area contributed by atoms with E-state index in [9.17, 15) is 0 Å². The van der Waals surface area contributed by atoms with E-state index in [-0.39, 0.29) is 12.1 Å². The van der Waals surface area contributed by atoms with Crippen molar-refractivity contribution in [2.75, 3.05) is 32.8 Å². The van der Waals surface area contributed by atoms with Crippen LogP contribution in [0.3, 0.4) is 0 Å². The van der Waals surface area contributed by atoms with Gasteiger partial charge in [0.15, 0.2) is 0 Å². The summed E-state index contributed by atoms with van der Waals surface area (Å²) in [6.45, 7) is 10.5. The molecule has 7 heteroatoms. The highest BCUT2D eigenvalue weighted by molar-refractivity contribution is 5.27. The van der Waals surface area contributed by atoms with Crippen molar-refractivity contribution in [1.82, 2.24) is 29.5 Å². The molecule has 1 saturated heterocycles. The van der Waals surface area contributed by atoms with Gasteiger partial charge in [0.25, 0.3) is 0 Å². The Morgan fingerprint density at radius 2 is 2.04 bits per heavy atom. The lowest BCUT2D eigenvalue weighted by Crippen LogP contribution is -2.56. The summed E-state index contributed by atoms with van der Waals surface area (Å²) in [5.41, 5.74) is 5.11. The minimum atomic E-state index is 0.107. The molecule has 0 aromatic carbocycles. The number of hydrogen-bond donors (Lipinski definition) is 2. The molecule has 1 fully saturated rings. The lowest BCUT2D eigenvalue weighted by Gasteiger charge is -2.50. The van der Waals surface area contributed by atoms with Crippen molar-refractivity contribution in [2.45, 2.75) is 64.6 Å². The Hall–Kier alpha value is -1.70. The quantitative estimate of drug-likeness (QED) is 0.762. The number of likely N-dealkylation sites (tertiary alicyclic amines) is 1. The molecule has 0 saturated carbocycles. The van der Waals surface area contributed by atoms with E-state index in [2.05, 4.69) is 39.9 Å². The van der Waals surface area contributed by atoms with Gasteiger partial charge in [0.05, 0.1) is 36.4 Å². The van der Waals surface area contributed by atoms with E-state index in [0.29, 0.717) is 6.54 Å². The summed E-state index contributed by atoms with van der Waals surface area (Å²) in [4.78, 5) is 13.5. The van der Waals surface area contributed by atoms with E-state index >= 15 is 0 Å². The molecule has 4 heterocycles. The molecule has 2 aromatic heterocycles. The summed E-state index contributed by atoms with van der Waals surface area (Å²) < 4.78 is 1.86. The minimum Gasteiger partial charge on any atom is -0.394 e. The van der Waals surface area contributed by atoms with E-state index in [1.807, 2.05) is 11.0 Å². The third-order valence-corrected chi connectivity index (χ3v) is 6.63. The second-order valence-electron chi connectivity index (χ2n) is 8.35. The molecule has 1 spiro atoms. The van der Waals surface area contributed by atoms with Crippen LogP contribution in [0.1, 0.15) is 55.3 Å². The van der Waals surface area contributed by atoms with Crippen LogP contribution in [0.25, 0.3) is 0 Å². The van der Waals surface area contributed by atoms with Gasteiger partial charge in [0.1, 0.15) is 0 Å². The van der Waals surface area contributed by atoms with Gasteiger partial charge in [0.2, 0.25) is 0 Å². The molecule has 2 aliphatic heterocycles. The van der Waals surface area contributed by atoms with Crippen LogP contribution in [0.2, 0.25) is 0 Å². The van der Waals surface area contributed by atoms with Crippen molar-refractivity contribution < 1.29 is 5.11 Å². The Balaban J connectivity index is 1.47. The highest BCUT2D eigenvalue weighted by Gasteiger charge is 2.46. The first-order valence-corrected chi connectivity index (χ1v) is 10.8. The molecule has 4 rings (SSSR count). The summed E-state index contributed by atoms with van der Waals surface area (Å²) >= 11 is 0. The van der Waals surface area contributed by atoms with Crippen LogP contribution in [-0.2, 0) is 25.0 Å². The van der Waals surface area contributed by atoms with E-state index in [1.165, 1.54) is 36.3 Å². The van der Waals surface area contributed by atoms with Gasteiger partial charge in [0, 0.05) is 50.1 Å². The van der Waals surface area contributed by atoms with Crippen LogP contribution in [0.15, 0.2) is 12.5 Å². The number of piperidine rings is 1. The van der Waals surface area contributed by atoms with Gasteiger partial charge in [-0.05, 0) is 32.7 Å². The van der Waals surface area contributed by atoms with Crippen molar-refractivity contribution in [1.29, 1.82) is 0 Å². The maximum absolute atomic E-state index is 9.15. The fourth-order valence-corrected chi connectivity index (χ4v) is 5.00. The van der Waals surface area contributed by atoms with Gasteiger partial charge >= 0.3 is 0 Å². The molecule has 7 nitrogen and oxygen atoms in total. The zero-order valence-corrected chi connectivity index (χ0v) is 17.3. The van der Waals surface area contributed by atoms with Crippen LogP contribution in [0.4, 0.5) is 0 Å². The third-order valence-electron chi connectivity index (χ3n) is 6.63. The average molecular weight is 387 g/mol. The lowest BCUT2D eigenvalue weighted by molar-refractivity contribution is 0.00261. The Bertz CT molecular complexity index is 774. The molecular formula is C21H34N6O. The van der Waals surface area contributed by atoms with Crippen LogP contribution in [0.5, 0.6) is 0 Å². The maximum atomic E-state index is 9.15. The number of fused-ring (bicyclic) bond motifs is 2. The lowest BCUT2D eigenvalue weighted by atomic mass is 9.78.